The molecule has 0 amide bonds. The fourth-order valence-corrected chi connectivity index (χ4v) is 4.23. The molecule has 1 aromatic carbocycles. The Bertz CT molecular complexity index is 576. The topological polar surface area (TPSA) is 49.4 Å². The van der Waals surface area contributed by atoms with Crippen LogP contribution >= 0.6 is 12.4 Å². The molecule has 1 aromatic rings. The fraction of sp³-hybridized carbons (Fsp3) is 0.571. The number of hydrogen-bond donors (Lipinski definition) is 1. The van der Waals surface area contributed by atoms with Crippen LogP contribution in [0.1, 0.15) is 24.0 Å². The van der Waals surface area contributed by atoms with Crippen molar-refractivity contribution in [2.75, 3.05) is 20.1 Å². The first kappa shape index (κ1) is 18.4. The highest BCUT2D eigenvalue weighted by atomic mass is 35.5. The molecule has 0 unspecified atom stereocenters. The SMILES string of the molecule is CNC1CCN(S(=O)(=O)c2cc(C)c(F)c(C)c2)CC1.Cl. The van der Waals surface area contributed by atoms with Crippen molar-refractivity contribution < 1.29 is 12.8 Å². The van der Waals surface area contributed by atoms with Crippen LogP contribution in [0.3, 0.4) is 0 Å². The number of piperidine rings is 1. The summed E-state index contributed by atoms with van der Waals surface area (Å²) in [5.41, 5.74) is 0.738. The van der Waals surface area contributed by atoms with E-state index in [1.807, 2.05) is 7.05 Å². The van der Waals surface area contributed by atoms with E-state index >= 15 is 0 Å². The van der Waals surface area contributed by atoms with Crippen molar-refractivity contribution in [2.45, 2.75) is 37.6 Å². The van der Waals surface area contributed by atoms with Gasteiger partial charge in [-0.15, -0.1) is 12.4 Å². The van der Waals surface area contributed by atoms with Gasteiger partial charge >= 0.3 is 0 Å². The highest BCUT2D eigenvalue weighted by molar-refractivity contribution is 7.89. The molecular formula is C14H22ClFN2O2S. The average molecular weight is 337 g/mol. The van der Waals surface area contributed by atoms with Gasteiger partial charge in [-0.05, 0) is 57.0 Å². The molecule has 1 saturated heterocycles. The largest absolute Gasteiger partial charge is 0.317 e. The zero-order valence-corrected chi connectivity index (χ0v) is 14.2. The maximum atomic E-state index is 13.6. The van der Waals surface area contributed by atoms with Gasteiger partial charge in [-0.25, -0.2) is 12.8 Å². The van der Waals surface area contributed by atoms with Crippen LogP contribution in [-0.2, 0) is 10.0 Å². The average Bonchev–Trinajstić information content (AvgIpc) is 2.44. The van der Waals surface area contributed by atoms with Crippen molar-refractivity contribution in [1.29, 1.82) is 0 Å². The molecule has 0 aromatic heterocycles. The number of rotatable bonds is 3. The van der Waals surface area contributed by atoms with Gasteiger partial charge in [-0.3, -0.25) is 0 Å². The van der Waals surface area contributed by atoms with Crippen LogP contribution in [0.4, 0.5) is 4.39 Å². The summed E-state index contributed by atoms with van der Waals surface area (Å²) in [6.45, 7) is 4.19. The van der Waals surface area contributed by atoms with Crippen LogP contribution in [0.25, 0.3) is 0 Å². The molecule has 1 heterocycles. The first-order valence-electron chi connectivity index (χ1n) is 6.80. The molecule has 1 N–H and O–H groups in total. The summed E-state index contributed by atoms with van der Waals surface area (Å²) in [4.78, 5) is 0.191. The van der Waals surface area contributed by atoms with Gasteiger partial charge in [0.1, 0.15) is 5.82 Å². The number of nitrogens with one attached hydrogen (secondary N) is 1. The molecular weight excluding hydrogens is 315 g/mol. The predicted molar refractivity (Wildman–Crippen MR) is 84.0 cm³/mol. The number of sulfonamides is 1. The van der Waals surface area contributed by atoms with Crippen molar-refractivity contribution >= 4 is 22.4 Å². The van der Waals surface area contributed by atoms with Crippen LogP contribution in [0.15, 0.2) is 17.0 Å². The second-order valence-corrected chi connectivity index (χ2v) is 7.28. The molecule has 21 heavy (non-hydrogen) atoms. The smallest absolute Gasteiger partial charge is 0.243 e. The van der Waals surface area contributed by atoms with Crippen LogP contribution in [0, 0.1) is 19.7 Å². The second kappa shape index (κ2) is 7.05. The zero-order valence-electron chi connectivity index (χ0n) is 12.5. The molecule has 0 spiro atoms. The minimum absolute atomic E-state index is 0. The number of halogens is 2. The van der Waals surface area contributed by atoms with E-state index < -0.39 is 10.0 Å². The summed E-state index contributed by atoms with van der Waals surface area (Å²) in [7, 11) is -1.63. The zero-order chi connectivity index (χ0) is 14.9. The Labute approximate surface area is 132 Å². The number of hydrogen-bond acceptors (Lipinski definition) is 3. The number of aryl methyl sites for hydroxylation is 2. The lowest BCUT2D eigenvalue weighted by molar-refractivity contribution is 0.298. The van der Waals surface area contributed by atoms with E-state index in [0.29, 0.717) is 30.3 Å². The monoisotopic (exact) mass is 336 g/mol. The number of nitrogens with zero attached hydrogens (tertiary/aromatic N) is 1. The van der Waals surface area contributed by atoms with E-state index in [9.17, 15) is 12.8 Å². The quantitative estimate of drug-likeness (QED) is 0.921. The fourth-order valence-electron chi connectivity index (χ4n) is 2.59. The van der Waals surface area contributed by atoms with E-state index in [2.05, 4.69) is 5.32 Å². The summed E-state index contributed by atoms with van der Waals surface area (Å²) in [6, 6.07) is 3.21. The molecule has 1 fully saturated rings. The van der Waals surface area contributed by atoms with Crippen LogP contribution in [0.5, 0.6) is 0 Å². The lowest BCUT2D eigenvalue weighted by atomic mass is 10.1. The molecule has 1 aliphatic heterocycles. The van der Waals surface area contributed by atoms with Crippen LogP contribution < -0.4 is 5.32 Å². The van der Waals surface area contributed by atoms with Gasteiger partial charge in [0.25, 0.3) is 0 Å². The summed E-state index contributed by atoms with van der Waals surface area (Å²) in [5, 5.41) is 3.17. The minimum atomic E-state index is -3.52. The lowest BCUT2D eigenvalue weighted by Crippen LogP contribution is -2.43. The Balaban J connectivity index is 0.00000220. The first-order valence-corrected chi connectivity index (χ1v) is 8.24. The van der Waals surface area contributed by atoms with Crippen LogP contribution in [-0.4, -0.2) is 38.9 Å². The Hall–Kier alpha value is -0.690. The van der Waals surface area contributed by atoms with Crippen molar-refractivity contribution in [3.05, 3.63) is 29.1 Å². The third-order valence-corrected chi connectivity index (χ3v) is 5.79. The summed E-state index contributed by atoms with van der Waals surface area (Å²) >= 11 is 0. The van der Waals surface area contributed by atoms with Gasteiger partial charge in [0, 0.05) is 19.1 Å². The molecule has 7 heteroatoms. The van der Waals surface area contributed by atoms with E-state index in [-0.39, 0.29) is 23.1 Å². The van der Waals surface area contributed by atoms with Crippen molar-refractivity contribution in [2.24, 2.45) is 0 Å². The Morgan fingerprint density at radius 1 is 1.19 bits per heavy atom. The van der Waals surface area contributed by atoms with Crippen LogP contribution in [0.2, 0.25) is 0 Å². The Kier molecular flexibility index (Phi) is 6.16. The normalized spacial score (nSPS) is 17.5. The molecule has 0 atom stereocenters. The number of benzene rings is 1. The highest BCUT2D eigenvalue weighted by Crippen LogP contribution is 2.24. The molecule has 1 aliphatic rings. The molecule has 0 saturated carbocycles. The van der Waals surface area contributed by atoms with E-state index in [1.54, 1.807) is 13.8 Å². The van der Waals surface area contributed by atoms with Gasteiger partial charge < -0.3 is 5.32 Å². The Morgan fingerprint density at radius 2 is 1.67 bits per heavy atom. The van der Waals surface area contributed by atoms with Gasteiger partial charge in [0.15, 0.2) is 0 Å². The maximum Gasteiger partial charge on any atom is 0.243 e. The minimum Gasteiger partial charge on any atom is -0.317 e. The molecule has 120 valence electrons. The third-order valence-electron chi connectivity index (χ3n) is 3.91. The van der Waals surface area contributed by atoms with Gasteiger partial charge in [-0.2, -0.15) is 4.31 Å². The van der Waals surface area contributed by atoms with Crippen molar-refractivity contribution in [1.82, 2.24) is 9.62 Å². The standard InChI is InChI=1S/C14H21FN2O2S.ClH/c1-10-8-13(9-11(2)14(10)15)20(18,19)17-6-4-12(16-3)5-7-17;/h8-9,12,16H,4-7H2,1-3H3;1H. The maximum absolute atomic E-state index is 13.6. The summed E-state index contributed by atoms with van der Waals surface area (Å²) in [5.74, 6) is -0.335. The molecule has 0 radical (unpaired) electrons. The lowest BCUT2D eigenvalue weighted by Gasteiger charge is -2.31. The summed E-state index contributed by atoms with van der Waals surface area (Å²) < 4.78 is 40.3. The van der Waals surface area contributed by atoms with Crippen molar-refractivity contribution in [3.8, 4) is 0 Å². The van der Waals surface area contributed by atoms with Gasteiger partial charge in [0.2, 0.25) is 10.0 Å². The highest BCUT2D eigenvalue weighted by Gasteiger charge is 2.29. The van der Waals surface area contributed by atoms with E-state index in [1.165, 1.54) is 16.4 Å². The van der Waals surface area contributed by atoms with E-state index in [0.717, 1.165) is 12.8 Å². The predicted octanol–water partition coefficient (Wildman–Crippen LogP) is 2.24. The Morgan fingerprint density at radius 3 is 2.10 bits per heavy atom. The van der Waals surface area contributed by atoms with Gasteiger partial charge in [0.05, 0.1) is 4.90 Å². The molecule has 0 aliphatic carbocycles. The first-order chi connectivity index (χ1) is 9.36. The molecule has 0 bridgehead atoms. The van der Waals surface area contributed by atoms with Gasteiger partial charge in [-0.1, -0.05) is 0 Å². The molecule has 2 rings (SSSR count). The third kappa shape index (κ3) is 3.74. The molecule has 4 nitrogen and oxygen atoms in total. The van der Waals surface area contributed by atoms with E-state index in [4.69, 9.17) is 0 Å². The summed E-state index contributed by atoms with van der Waals surface area (Å²) in [6.07, 6.45) is 1.60. The van der Waals surface area contributed by atoms with Crippen molar-refractivity contribution in [3.63, 3.8) is 0 Å². The second-order valence-electron chi connectivity index (χ2n) is 5.34.